The van der Waals surface area contributed by atoms with E-state index in [1.54, 1.807) is 6.08 Å². The van der Waals surface area contributed by atoms with Crippen LogP contribution in [0.2, 0.25) is 0 Å². The van der Waals surface area contributed by atoms with Gasteiger partial charge >= 0.3 is 0 Å². The number of rotatable bonds is 0. The lowest BCUT2D eigenvalue weighted by molar-refractivity contribution is 0.506. The lowest BCUT2D eigenvalue weighted by Crippen LogP contribution is -1.93. The summed E-state index contributed by atoms with van der Waals surface area (Å²) in [6, 6.07) is 3.92. The van der Waals surface area contributed by atoms with Crippen molar-refractivity contribution in [1.29, 1.82) is 0 Å². The number of pyridine rings is 1. The summed E-state index contributed by atoms with van der Waals surface area (Å²) in [6.45, 7) is 1.92. The van der Waals surface area contributed by atoms with Crippen molar-refractivity contribution in [3.05, 3.63) is 41.2 Å². The molecule has 1 aromatic heterocycles. The zero-order valence-corrected chi connectivity index (χ0v) is 7.49. The van der Waals surface area contributed by atoms with Crippen LogP contribution in [0.3, 0.4) is 0 Å². The van der Waals surface area contributed by atoms with E-state index in [2.05, 4.69) is 4.98 Å². The smallest absolute Gasteiger partial charge is 0.138 e. The van der Waals surface area contributed by atoms with Gasteiger partial charge < -0.3 is 5.11 Å². The summed E-state index contributed by atoms with van der Waals surface area (Å²) in [5.74, 6) is 0.281. The van der Waals surface area contributed by atoms with Gasteiger partial charge in [-0.2, -0.15) is 0 Å². The average Bonchev–Trinajstić information content (AvgIpc) is 2.29. The van der Waals surface area contributed by atoms with Crippen molar-refractivity contribution in [2.45, 2.75) is 13.3 Å². The van der Waals surface area contributed by atoms with Gasteiger partial charge in [-0.05, 0) is 25.5 Å². The van der Waals surface area contributed by atoms with Crippen molar-refractivity contribution < 1.29 is 5.11 Å². The number of hydrogen-bond acceptors (Lipinski definition) is 2. The first-order chi connectivity index (χ1) is 6.27. The molecule has 2 nitrogen and oxygen atoms in total. The van der Waals surface area contributed by atoms with Crippen LogP contribution in [-0.2, 0) is 0 Å². The van der Waals surface area contributed by atoms with Gasteiger partial charge in [0.15, 0.2) is 0 Å². The molecule has 0 aliphatic heterocycles. The second kappa shape index (κ2) is 3.05. The predicted octanol–water partition coefficient (Wildman–Crippen LogP) is 2.71. The van der Waals surface area contributed by atoms with Crippen molar-refractivity contribution in [3.8, 4) is 0 Å². The van der Waals surface area contributed by atoms with Gasteiger partial charge in [0.05, 0.1) is 0 Å². The first-order valence-corrected chi connectivity index (χ1v) is 4.31. The Morgan fingerprint density at radius 3 is 3.08 bits per heavy atom. The highest BCUT2D eigenvalue weighted by Gasteiger charge is 2.08. The van der Waals surface area contributed by atoms with E-state index in [4.69, 9.17) is 0 Å². The van der Waals surface area contributed by atoms with Gasteiger partial charge in [-0.25, -0.2) is 4.98 Å². The highest BCUT2D eigenvalue weighted by atomic mass is 16.3. The van der Waals surface area contributed by atoms with E-state index >= 15 is 0 Å². The molecule has 0 atom stereocenters. The van der Waals surface area contributed by atoms with Crippen LogP contribution in [0.25, 0.3) is 11.8 Å². The fraction of sp³-hybridized carbons (Fsp3) is 0.182. The fourth-order valence-electron chi connectivity index (χ4n) is 1.38. The number of aryl methyl sites for hydroxylation is 1. The van der Waals surface area contributed by atoms with E-state index in [9.17, 15) is 5.11 Å². The monoisotopic (exact) mass is 173 g/mol. The molecule has 0 saturated heterocycles. The first-order valence-electron chi connectivity index (χ1n) is 4.31. The molecule has 0 unspecified atom stereocenters. The maximum Gasteiger partial charge on any atom is 0.138 e. The first kappa shape index (κ1) is 8.05. The average molecular weight is 173 g/mol. The van der Waals surface area contributed by atoms with Crippen LogP contribution in [0, 0.1) is 6.92 Å². The lowest BCUT2D eigenvalue weighted by atomic mass is 10.1. The number of aliphatic hydroxyl groups excluding tert-OH is 1. The summed E-state index contributed by atoms with van der Waals surface area (Å²) in [4.78, 5) is 4.29. The molecule has 1 aliphatic carbocycles. The van der Waals surface area contributed by atoms with Gasteiger partial charge in [-0.15, -0.1) is 0 Å². The molecule has 2 heteroatoms. The van der Waals surface area contributed by atoms with Crippen LogP contribution < -0.4 is 0 Å². The molecule has 0 fully saturated rings. The molecule has 1 aliphatic rings. The second-order valence-electron chi connectivity index (χ2n) is 3.12. The van der Waals surface area contributed by atoms with E-state index < -0.39 is 0 Å². The predicted molar refractivity (Wildman–Crippen MR) is 53.2 cm³/mol. The Hall–Kier alpha value is -1.57. The normalized spacial score (nSPS) is 14.7. The molecular weight excluding hydrogens is 162 g/mol. The number of hydrogen-bond donors (Lipinski definition) is 1. The van der Waals surface area contributed by atoms with E-state index in [0.29, 0.717) is 5.69 Å². The van der Waals surface area contributed by atoms with Crippen molar-refractivity contribution in [2.24, 2.45) is 0 Å². The maximum atomic E-state index is 9.62. The standard InChI is InChI=1S/C11H11NO/c1-8-6-7-9-4-2-3-5-10(13)11(9)12-8/h2,4-7,13H,3H2,1H3. The van der Waals surface area contributed by atoms with Crippen molar-refractivity contribution in [3.63, 3.8) is 0 Å². The van der Waals surface area contributed by atoms with Crippen molar-refractivity contribution in [2.75, 3.05) is 0 Å². The third-order valence-electron chi connectivity index (χ3n) is 2.05. The molecule has 2 rings (SSSR count). The van der Waals surface area contributed by atoms with Gasteiger partial charge in [-0.3, -0.25) is 0 Å². The van der Waals surface area contributed by atoms with E-state index in [-0.39, 0.29) is 5.76 Å². The second-order valence-corrected chi connectivity index (χ2v) is 3.12. The third-order valence-corrected chi connectivity index (χ3v) is 2.05. The Morgan fingerprint density at radius 2 is 2.23 bits per heavy atom. The van der Waals surface area contributed by atoms with Gasteiger partial charge in [0.2, 0.25) is 0 Å². The number of aromatic nitrogens is 1. The minimum Gasteiger partial charge on any atom is -0.506 e. The third kappa shape index (κ3) is 1.47. The van der Waals surface area contributed by atoms with Crippen LogP contribution in [-0.4, -0.2) is 10.1 Å². The van der Waals surface area contributed by atoms with Crippen molar-refractivity contribution >= 4 is 11.8 Å². The van der Waals surface area contributed by atoms with E-state index in [1.807, 2.05) is 31.2 Å². The summed E-state index contributed by atoms with van der Waals surface area (Å²) in [6.07, 6.45) is 6.54. The van der Waals surface area contributed by atoms with Crippen LogP contribution in [0.4, 0.5) is 0 Å². The summed E-state index contributed by atoms with van der Waals surface area (Å²) in [7, 11) is 0. The largest absolute Gasteiger partial charge is 0.506 e. The molecule has 1 aromatic rings. The fourth-order valence-corrected chi connectivity index (χ4v) is 1.38. The Labute approximate surface area is 77.2 Å². The zero-order chi connectivity index (χ0) is 9.26. The number of allylic oxidation sites excluding steroid dienone is 2. The van der Waals surface area contributed by atoms with Crippen molar-refractivity contribution in [1.82, 2.24) is 4.98 Å². The number of aliphatic hydroxyl groups is 1. The molecule has 0 radical (unpaired) electrons. The van der Waals surface area contributed by atoms with E-state index in [1.165, 1.54) is 0 Å². The summed E-state index contributed by atoms with van der Waals surface area (Å²) in [5, 5.41) is 9.62. The highest BCUT2D eigenvalue weighted by Crippen LogP contribution is 2.20. The molecule has 1 N–H and O–H groups in total. The Morgan fingerprint density at radius 1 is 1.38 bits per heavy atom. The summed E-state index contributed by atoms with van der Waals surface area (Å²) < 4.78 is 0. The minimum absolute atomic E-state index is 0.281. The van der Waals surface area contributed by atoms with Gasteiger partial charge in [0, 0.05) is 11.3 Å². The quantitative estimate of drug-likeness (QED) is 0.654. The number of fused-ring (bicyclic) bond motifs is 1. The Balaban J connectivity index is 2.63. The topological polar surface area (TPSA) is 33.1 Å². The van der Waals surface area contributed by atoms with Crippen LogP contribution in [0.1, 0.15) is 23.4 Å². The molecule has 0 bridgehead atoms. The maximum absolute atomic E-state index is 9.62. The van der Waals surface area contributed by atoms with Gasteiger partial charge in [0.25, 0.3) is 0 Å². The van der Waals surface area contributed by atoms with Crippen LogP contribution in [0.5, 0.6) is 0 Å². The van der Waals surface area contributed by atoms with E-state index in [0.717, 1.165) is 17.7 Å². The molecule has 0 saturated carbocycles. The lowest BCUT2D eigenvalue weighted by Gasteiger charge is -2.03. The Bertz CT molecular complexity index is 391. The molecule has 0 aromatic carbocycles. The molecular formula is C11H11NO. The highest BCUT2D eigenvalue weighted by molar-refractivity contribution is 5.69. The SMILES string of the molecule is Cc1ccc2c(n1)C(O)=CCC=C2. The van der Waals surface area contributed by atoms with Gasteiger partial charge in [0.1, 0.15) is 11.5 Å². The summed E-state index contributed by atoms with van der Waals surface area (Å²) >= 11 is 0. The summed E-state index contributed by atoms with van der Waals surface area (Å²) in [5.41, 5.74) is 2.60. The molecule has 66 valence electrons. The van der Waals surface area contributed by atoms with Crippen LogP contribution >= 0.6 is 0 Å². The molecule has 0 amide bonds. The minimum atomic E-state index is 0.281. The number of nitrogens with zero attached hydrogens (tertiary/aromatic N) is 1. The molecule has 0 spiro atoms. The Kier molecular flexibility index (Phi) is 1.89. The van der Waals surface area contributed by atoms with Gasteiger partial charge in [-0.1, -0.05) is 18.2 Å². The zero-order valence-electron chi connectivity index (χ0n) is 7.49. The van der Waals surface area contributed by atoms with Crippen LogP contribution in [0.15, 0.2) is 24.3 Å². The molecule has 1 heterocycles. The molecule has 13 heavy (non-hydrogen) atoms.